The molecule has 1 atom stereocenters. The molecule has 1 fully saturated rings. The standard InChI is InChI=1S/C13H20N4O2/c1-14-13(19)11-6-7-12(16-15-11)17-8-4-2-3-5-10(17)9-18/h6-7,10,18H,2-5,8-9H2,1H3,(H,14,19). The van der Waals surface area contributed by atoms with Gasteiger partial charge in [0.2, 0.25) is 0 Å². The Bertz CT molecular complexity index is 421. The van der Waals surface area contributed by atoms with Crippen molar-refractivity contribution in [1.29, 1.82) is 0 Å². The Morgan fingerprint density at radius 3 is 2.89 bits per heavy atom. The molecular weight excluding hydrogens is 244 g/mol. The summed E-state index contributed by atoms with van der Waals surface area (Å²) in [7, 11) is 1.56. The maximum atomic E-state index is 11.4. The fourth-order valence-corrected chi connectivity index (χ4v) is 2.40. The first-order valence-electron chi connectivity index (χ1n) is 6.69. The lowest BCUT2D eigenvalue weighted by Crippen LogP contribution is -2.38. The van der Waals surface area contributed by atoms with Crippen molar-refractivity contribution in [1.82, 2.24) is 15.5 Å². The molecule has 0 bridgehead atoms. The highest BCUT2D eigenvalue weighted by Gasteiger charge is 2.22. The van der Waals surface area contributed by atoms with Crippen LogP contribution in [0.5, 0.6) is 0 Å². The molecule has 1 amide bonds. The van der Waals surface area contributed by atoms with Crippen LogP contribution in [-0.2, 0) is 0 Å². The van der Waals surface area contributed by atoms with Crippen molar-refractivity contribution < 1.29 is 9.90 Å². The van der Waals surface area contributed by atoms with Crippen LogP contribution in [0.25, 0.3) is 0 Å². The molecule has 0 aliphatic carbocycles. The van der Waals surface area contributed by atoms with E-state index in [2.05, 4.69) is 20.4 Å². The number of hydrogen-bond donors (Lipinski definition) is 2. The first-order valence-corrected chi connectivity index (χ1v) is 6.69. The number of aromatic nitrogens is 2. The number of nitrogens with zero attached hydrogens (tertiary/aromatic N) is 3. The van der Waals surface area contributed by atoms with Crippen LogP contribution in [0, 0.1) is 0 Å². The highest BCUT2D eigenvalue weighted by molar-refractivity contribution is 5.91. The molecule has 0 saturated carbocycles. The van der Waals surface area contributed by atoms with Crippen LogP contribution in [0.3, 0.4) is 0 Å². The first-order chi connectivity index (χ1) is 9.26. The largest absolute Gasteiger partial charge is 0.394 e. The van der Waals surface area contributed by atoms with E-state index in [4.69, 9.17) is 0 Å². The molecule has 1 aliphatic rings. The molecule has 19 heavy (non-hydrogen) atoms. The van der Waals surface area contributed by atoms with Crippen LogP contribution >= 0.6 is 0 Å². The number of aliphatic hydroxyl groups excluding tert-OH is 1. The van der Waals surface area contributed by atoms with E-state index < -0.39 is 0 Å². The molecule has 6 heteroatoms. The Morgan fingerprint density at radius 2 is 2.26 bits per heavy atom. The number of carbonyl (C=O) groups is 1. The van der Waals surface area contributed by atoms with Crippen molar-refractivity contribution in [2.45, 2.75) is 31.7 Å². The normalized spacial score (nSPS) is 19.9. The summed E-state index contributed by atoms with van der Waals surface area (Å²) in [4.78, 5) is 13.5. The molecule has 0 spiro atoms. The summed E-state index contributed by atoms with van der Waals surface area (Å²) in [5.74, 6) is 0.488. The van der Waals surface area contributed by atoms with E-state index >= 15 is 0 Å². The number of hydrogen-bond acceptors (Lipinski definition) is 5. The van der Waals surface area contributed by atoms with Gasteiger partial charge in [0.05, 0.1) is 12.6 Å². The minimum atomic E-state index is -0.242. The van der Waals surface area contributed by atoms with E-state index in [1.165, 1.54) is 6.42 Å². The topological polar surface area (TPSA) is 78.4 Å². The quantitative estimate of drug-likeness (QED) is 0.835. The van der Waals surface area contributed by atoms with Crippen LogP contribution < -0.4 is 10.2 Å². The summed E-state index contributed by atoms with van der Waals surface area (Å²) in [5.41, 5.74) is 0.307. The van der Waals surface area contributed by atoms with Crippen molar-refractivity contribution in [3.05, 3.63) is 17.8 Å². The molecule has 2 N–H and O–H groups in total. The average Bonchev–Trinajstić information content (AvgIpc) is 2.71. The van der Waals surface area contributed by atoms with Gasteiger partial charge in [-0.15, -0.1) is 10.2 Å². The molecule has 2 rings (SSSR count). The molecule has 1 aromatic heterocycles. The van der Waals surface area contributed by atoms with E-state index in [1.807, 2.05) is 0 Å². The summed E-state index contributed by atoms with van der Waals surface area (Å²) >= 11 is 0. The van der Waals surface area contributed by atoms with Crippen molar-refractivity contribution >= 4 is 11.7 Å². The van der Waals surface area contributed by atoms with E-state index in [9.17, 15) is 9.90 Å². The van der Waals surface area contributed by atoms with Gasteiger partial charge in [0.25, 0.3) is 5.91 Å². The van der Waals surface area contributed by atoms with Gasteiger partial charge in [0.15, 0.2) is 11.5 Å². The highest BCUT2D eigenvalue weighted by Crippen LogP contribution is 2.21. The summed E-state index contributed by atoms with van der Waals surface area (Å²) in [6.07, 6.45) is 4.37. The third-order valence-electron chi connectivity index (χ3n) is 3.49. The Balaban J connectivity index is 2.17. The van der Waals surface area contributed by atoms with E-state index in [-0.39, 0.29) is 18.6 Å². The van der Waals surface area contributed by atoms with Gasteiger partial charge in [-0.05, 0) is 25.0 Å². The second kappa shape index (κ2) is 6.47. The van der Waals surface area contributed by atoms with Gasteiger partial charge in [0.1, 0.15) is 0 Å². The Hall–Kier alpha value is -1.69. The fraction of sp³-hybridized carbons (Fsp3) is 0.615. The minimum absolute atomic E-state index is 0.0997. The summed E-state index contributed by atoms with van der Waals surface area (Å²) in [6.45, 7) is 0.998. The molecule has 2 heterocycles. The lowest BCUT2D eigenvalue weighted by atomic mass is 10.1. The van der Waals surface area contributed by atoms with Crippen LogP contribution in [0.2, 0.25) is 0 Å². The number of amides is 1. The molecule has 1 saturated heterocycles. The third kappa shape index (κ3) is 3.20. The molecule has 6 nitrogen and oxygen atoms in total. The smallest absolute Gasteiger partial charge is 0.271 e. The predicted octanol–water partition coefficient (Wildman–Crippen LogP) is 0.577. The van der Waals surface area contributed by atoms with Crippen molar-refractivity contribution in [3.8, 4) is 0 Å². The van der Waals surface area contributed by atoms with Gasteiger partial charge in [-0.1, -0.05) is 12.8 Å². The third-order valence-corrected chi connectivity index (χ3v) is 3.49. The van der Waals surface area contributed by atoms with Gasteiger partial charge in [0, 0.05) is 13.6 Å². The lowest BCUT2D eigenvalue weighted by molar-refractivity contribution is 0.0957. The Kier molecular flexibility index (Phi) is 4.68. The van der Waals surface area contributed by atoms with Gasteiger partial charge >= 0.3 is 0 Å². The lowest BCUT2D eigenvalue weighted by Gasteiger charge is -2.29. The predicted molar refractivity (Wildman–Crippen MR) is 72.1 cm³/mol. The zero-order chi connectivity index (χ0) is 13.7. The maximum Gasteiger partial charge on any atom is 0.271 e. The van der Waals surface area contributed by atoms with Crippen LogP contribution in [-0.4, -0.2) is 47.5 Å². The average molecular weight is 264 g/mol. The second-order valence-electron chi connectivity index (χ2n) is 4.74. The molecule has 0 radical (unpaired) electrons. The van der Waals surface area contributed by atoms with E-state index in [0.29, 0.717) is 5.69 Å². The van der Waals surface area contributed by atoms with Crippen LogP contribution in [0.1, 0.15) is 36.2 Å². The fourth-order valence-electron chi connectivity index (χ4n) is 2.40. The van der Waals surface area contributed by atoms with E-state index in [0.717, 1.165) is 31.6 Å². The number of aliphatic hydroxyl groups is 1. The van der Waals surface area contributed by atoms with Crippen molar-refractivity contribution in [2.24, 2.45) is 0 Å². The number of nitrogens with one attached hydrogen (secondary N) is 1. The van der Waals surface area contributed by atoms with Crippen LogP contribution in [0.15, 0.2) is 12.1 Å². The van der Waals surface area contributed by atoms with Crippen molar-refractivity contribution in [3.63, 3.8) is 0 Å². The highest BCUT2D eigenvalue weighted by atomic mass is 16.3. The molecular formula is C13H20N4O2. The molecule has 0 aromatic carbocycles. The summed E-state index contributed by atoms with van der Waals surface area (Å²) in [6, 6.07) is 3.56. The molecule has 1 unspecified atom stereocenters. The van der Waals surface area contributed by atoms with Crippen molar-refractivity contribution in [2.75, 3.05) is 25.1 Å². The Labute approximate surface area is 112 Å². The van der Waals surface area contributed by atoms with E-state index in [1.54, 1.807) is 19.2 Å². The zero-order valence-electron chi connectivity index (χ0n) is 11.2. The molecule has 1 aliphatic heterocycles. The first kappa shape index (κ1) is 13.7. The van der Waals surface area contributed by atoms with Gasteiger partial charge in [-0.3, -0.25) is 4.79 Å². The second-order valence-corrected chi connectivity index (χ2v) is 4.74. The SMILES string of the molecule is CNC(=O)c1ccc(N2CCCCCC2CO)nn1. The van der Waals surface area contributed by atoms with Gasteiger partial charge in [-0.2, -0.15) is 0 Å². The number of anilines is 1. The zero-order valence-corrected chi connectivity index (χ0v) is 11.2. The monoisotopic (exact) mass is 264 g/mol. The number of rotatable bonds is 3. The summed E-state index contributed by atoms with van der Waals surface area (Å²) < 4.78 is 0. The maximum absolute atomic E-state index is 11.4. The number of carbonyl (C=O) groups excluding carboxylic acids is 1. The van der Waals surface area contributed by atoms with Gasteiger partial charge < -0.3 is 15.3 Å². The Morgan fingerprint density at radius 1 is 1.42 bits per heavy atom. The minimum Gasteiger partial charge on any atom is -0.394 e. The molecule has 1 aromatic rings. The summed E-state index contributed by atoms with van der Waals surface area (Å²) in [5, 5.41) is 20.0. The van der Waals surface area contributed by atoms with Gasteiger partial charge in [-0.25, -0.2) is 0 Å². The van der Waals surface area contributed by atoms with Crippen LogP contribution in [0.4, 0.5) is 5.82 Å². The molecule has 104 valence electrons.